The van der Waals surface area contributed by atoms with Crippen LogP contribution in [0, 0.1) is 29.6 Å². The number of nitrogens with zero attached hydrogens (tertiary/aromatic N) is 1. The zero-order valence-electron chi connectivity index (χ0n) is 30.5. The van der Waals surface area contributed by atoms with Crippen molar-refractivity contribution >= 4 is 11.8 Å². The Morgan fingerprint density at radius 3 is 2.28 bits per heavy atom. The zero-order chi connectivity index (χ0) is 35.6. The monoisotopic (exact) mass is 689 g/mol. The first-order chi connectivity index (χ1) is 24.0. The summed E-state index contributed by atoms with van der Waals surface area (Å²) in [5.41, 5.74) is -1.09. The quantitative estimate of drug-likeness (QED) is 0.266. The molecule has 4 bridgehead atoms. The first-order valence-corrected chi connectivity index (χ1v) is 18.7. The molecule has 5 fully saturated rings. The number of carbonyl (C=O) groups excluding carboxylic acids is 2. The largest absolute Gasteiger partial charge is 0.454 e. The van der Waals surface area contributed by atoms with Crippen LogP contribution in [0.4, 0.5) is 0 Å². The van der Waals surface area contributed by atoms with Gasteiger partial charge in [0.15, 0.2) is 5.78 Å². The van der Waals surface area contributed by atoms with Gasteiger partial charge in [-0.3, -0.25) is 9.69 Å². The fourth-order valence-electron chi connectivity index (χ4n) is 11.6. The summed E-state index contributed by atoms with van der Waals surface area (Å²) in [6, 6.07) is 14.8. The van der Waals surface area contributed by atoms with E-state index in [1.807, 2.05) is 42.5 Å². The van der Waals surface area contributed by atoms with Gasteiger partial charge < -0.3 is 29.2 Å². The molecule has 2 aromatic rings. The number of carbonyl (C=O) groups is 2. The molecule has 1 heterocycles. The van der Waals surface area contributed by atoms with Crippen molar-refractivity contribution in [2.75, 3.05) is 34.4 Å². The number of esters is 1. The highest BCUT2D eigenvalue weighted by molar-refractivity contribution is 6.00. The van der Waals surface area contributed by atoms with E-state index in [-0.39, 0.29) is 60.0 Å². The number of likely N-dealkylation sites (tertiary alicyclic amines) is 1. The standard InChI is InChI=1S/C41H55NO8/c1-7-25-13-15-26(16-14-25)33(43)19-27-11-9-10-12-28(27)38(44)50-39-18-17-34(47-4)36-31(39)21-30(24(3)42(8-2)23-39)40(45)22-35(48-5)29-20-32(36)41(40,46)37(29)49-6/h9-16,24,29-32,34-37,45-46H,7-8,17-23H2,1-6H3/t24-,29+,30-,31?,32?,34-,35?,36?,37-,39+,40-,41-/m0/s1. The average Bonchev–Trinajstić information content (AvgIpc) is 3.25. The van der Waals surface area contributed by atoms with Crippen molar-refractivity contribution in [3.05, 3.63) is 70.8 Å². The molecule has 9 nitrogen and oxygen atoms in total. The lowest BCUT2D eigenvalue weighted by Crippen LogP contribution is -2.73. The Bertz CT molecular complexity index is 1580. The maximum atomic E-state index is 14.6. The highest BCUT2D eigenvalue weighted by Crippen LogP contribution is 2.67. The van der Waals surface area contributed by atoms with Gasteiger partial charge in [0, 0.05) is 70.1 Å². The lowest BCUT2D eigenvalue weighted by atomic mass is 9.59. The fraction of sp³-hybridized carbons (Fsp3) is 0.659. The predicted octanol–water partition coefficient (Wildman–Crippen LogP) is 4.89. The maximum Gasteiger partial charge on any atom is 0.339 e. The highest BCUT2D eigenvalue weighted by atomic mass is 16.6. The second-order valence-electron chi connectivity index (χ2n) is 15.8. The molecule has 50 heavy (non-hydrogen) atoms. The SMILES string of the molecule is CCc1ccc(C(=O)Cc2ccccc2C(=O)O[C@@]23CC[C@H](OC)C4C2C[C@@H]([C@H](C)N(CC)C3)[C@@]2(O)CC(OC)[C@H]3CC4[C@]2(O)[C@H]3OC)cc1. The molecular weight excluding hydrogens is 634 g/mol. The van der Waals surface area contributed by atoms with E-state index in [0.717, 1.165) is 12.0 Å². The van der Waals surface area contributed by atoms with Crippen molar-refractivity contribution in [3.8, 4) is 0 Å². The second-order valence-corrected chi connectivity index (χ2v) is 15.8. The summed E-state index contributed by atoms with van der Waals surface area (Å²) < 4.78 is 25.3. The highest BCUT2D eigenvalue weighted by Gasteiger charge is 2.78. The molecule has 0 aromatic heterocycles. The summed E-state index contributed by atoms with van der Waals surface area (Å²) in [4.78, 5) is 30.3. The van der Waals surface area contributed by atoms with E-state index in [2.05, 4.69) is 25.7 Å². The van der Waals surface area contributed by atoms with E-state index in [9.17, 15) is 19.8 Å². The number of likely N-dealkylation sites (N-methyl/N-ethyl adjacent to an activating group) is 1. The Morgan fingerprint density at radius 1 is 0.900 bits per heavy atom. The van der Waals surface area contributed by atoms with E-state index in [1.165, 1.54) is 0 Å². The van der Waals surface area contributed by atoms with Gasteiger partial charge in [-0.05, 0) is 74.6 Å². The van der Waals surface area contributed by atoms with Crippen molar-refractivity contribution in [2.24, 2.45) is 29.6 Å². The number of aryl methyl sites for hydroxylation is 1. The van der Waals surface area contributed by atoms with Gasteiger partial charge >= 0.3 is 5.97 Å². The summed E-state index contributed by atoms with van der Waals surface area (Å²) in [7, 11) is 5.05. The minimum atomic E-state index is -1.53. The maximum absolute atomic E-state index is 14.6. The van der Waals surface area contributed by atoms with Crippen LogP contribution in [0.15, 0.2) is 48.5 Å². The molecule has 0 radical (unpaired) electrons. The molecule has 9 heteroatoms. The van der Waals surface area contributed by atoms with E-state index in [1.54, 1.807) is 27.4 Å². The summed E-state index contributed by atoms with van der Waals surface area (Å²) in [5, 5.41) is 26.2. The first-order valence-electron chi connectivity index (χ1n) is 18.7. The van der Waals surface area contributed by atoms with Crippen LogP contribution in [0.3, 0.4) is 0 Å². The molecule has 2 aromatic carbocycles. The Hall–Kier alpha value is -2.66. The van der Waals surface area contributed by atoms with Crippen LogP contribution in [0.5, 0.6) is 0 Å². The number of ketones is 1. The number of Topliss-reactive ketones (excluding diaryl/α,β-unsaturated/α-hetero) is 1. The Balaban J connectivity index is 1.29. The van der Waals surface area contributed by atoms with Crippen LogP contribution in [0.1, 0.15) is 84.7 Å². The molecule has 0 spiro atoms. The number of aliphatic hydroxyl groups is 2. The van der Waals surface area contributed by atoms with Gasteiger partial charge in [0.1, 0.15) is 16.8 Å². The molecule has 2 N–H and O–H groups in total. The van der Waals surface area contributed by atoms with Crippen LogP contribution in [-0.2, 0) is 31.8 Å². The van der Waals surface area contributed by atoms with Crippen LogP contribution in [0.2, 0.25) is 0 Å². The summed E-state index contributed by atoms with van der Waals surface area (Å²) in [6.07, 6.45) is 2.70. The lowest BCUT2D eigenvalue weighted by molar-refractivity contribution is -0.283. The van der Waals surface area contributed by atoms with Gasteiger partial charge in [-0.25, -0.2) is 4.79 Å². The van der Waals surface area contributed by atoms with Crippen LogP contribution < -0.4 is 0 Å². The molecule has 1 aliphatic heterocycles. The first kappa shape index (κ1) is 35.7. The molecule has 7 rings (SSSR count). The number of methoxy groups -OCH3 is 3. The lowest BCUT2D eigenvalue weighted by Gasteiger charge is -2.58. The predicted molar refractivity (Wildman–Crippen MR) is 188 cm³/mol. The normalized spacial score (nSPS) is 40.5. The van der Waals surface area contributed by atoms with Crippen molar-refractivity contribution in [3.63, 3.8) is 0 Å². The average molecular weight is 690 g/mol. The number of benzene rings is 2. The zero-order valence-corrected chi connectivity index (χ0v) is 30.5. The minimum Gasteiger partial charge on any atom is -0.454 e. The third-order valence-electron chi connectivity index (χ3n) is 14.1. The molecule has 12 atom stereocenters. The van der Waals surface area contributed by atoms with Gasteiger partial charge in [-0.2, -0.15) is 0 Å². The topological polar surface area (TPSA) is 115 Å². The van der Waals surface area contributed by atoms with Gasteiger partial charge in [-0.15, -0.1) is 0 Å². The van der Waals surface area contributed by atoms with Gasteiger partial charge in [0.05, 0.1) is 23.9 Å². The Kier molecular flexibility index (Phi) is 9.57. The van der Waals surface area contributed by atoms with Gasteiger partial charge in [0.2, 0.25) is 0 Å². The van der Waals surface area contributed by atoms with Crippen molar-refractivity contribution in [1.82, 2.24) is 4.90 Å². The molecule has 1 saturated heterocycles. The van der Waals surface area contributed by atoms with E-state index in [0.29, 0.717) is 61.9 Å². The minimum absolute atomic E-state index is 0.0512. The van der Waals surface area contributed by atoms with E-state index < -0.39 is 28.9 Å². The van der Waals surface area contributed by atoms with Crippen LogP contribution in [0.25, 0.3) is 0 Å². The fourth-order valence-corrected chi connectivity index (χ4v) is 11.6. The molecular formula is C41H55NO8. The third-order valence-corrected chi connectivity index (χ3v) is 14.1. The summed E-state index contributed by atoms with van der Waals surface area (Å²) in [6.45, 7) is 7.53. The number of hydrogen-bond acceptors (Lipinski definition) is 9. The van der Waals surface area contributed by atoms with E-state index in [4.69, 9.17) is 18.9 Å². The Morgan fingerprint density at radius 2 is 1.62 bits per heavy atom. The van der Waals surface area contributed by atoms with Crippen LogP contribution in [-0.4, -0.2) is 102 Å². The molecule has 4 aliphatic carbocycles. The van der Waals surface area contributed by atoms with Crippen molar-refractivity contribution in [2.45, 2.75) is 107 Å². The van der Waals surface area contributed by atoms with Crippen LogP contribution >= 0.6 is 0 Å². The number of ether oxygens (including phenoxy) is 4. The number of fused-ring (bicyclic) bond motifs is 4. The summed E-state index contributed by atoms with van der Waals surface area (Å²) in [5.74, 6) is -1.62. The molecule has 4 unspecified atom stereocenters. The van der Waals surface area contributed by atoms with Gasteiger partial charge in [0.25, 0.3) is 0 Å². The molecule has 5 aliphatic rings. The smallest absolute Gasteiger partial charge is 0.339 e. The number of rotatable bonds is 10. The molecule has 272 valence electrons. The van der Waals surface area contributed by atoms with E-state index >= 15 is 0 Å². The molecule has 0 amide bonds. The summed E-state index contributed by atoms with van der Waals surface area (Å²) >= 11 is 0. The van der Waals surface area contributed by atoms with Gasteiger partial charge in [-0.1, -0.05) is 56.3 Å². The second kappa shape index (κ2) is 13.4. The van der Waals surface area contributed by atoms with Crippen molar-refractivity contribution < 1.29 is 38.7 Å². The Labute approximate surface area is 296 Å². The third kappa shape index (κ3) is 5.25. The number of hydrogen-bond donors (Lipinski definition) is 2. The molecule has 4 saturated carbocycles. The van der Waals surface area contributed by atoms with Crippen molar-refractivity contribution in [1.29, 1.82) is 0 Å².